The average molecular weight is 390 g/mol. The molecule has 0 radical (unpaired) electrons. The number of nitrogens with one attached hydrogen (secondary N) is 2. The molecule has 144 valence electrons. The molecule has 2 aromatic rings. The monoisotopic (exact) mass is 390 g/mol. The van der Waals surface area contributed by atoms with E-state index in [2.05, 4.69) is 10.0 Å². The molecular weight excluding hydrogens is 368 g/mol. The van der Waals surface area contributed by atoms with Crippen LogP contribution in [0, 0.1) is 6.92 Å². The fourth-order valence-corrected chi connectivity index (χ4v) is 4.46. The number of aliphatic hydroxyl groups is 1. The number of hydrogen-bond acceptors (Lipinski definition) is 5. The number of ether oxygens (including phenoxy) is 1. The lowest BCUT2D eigenvalue weighted by atomic mass is 9.88. The summed E-state index contributed by atoms with van der Waals surface area (Å²) >= 11 is 0. The molecule has 8 heteroatoms. The molecule has 7 nitrogen and oxygen atoms in total. The van der Waals surface area contributed by atoms with E-state index in [1.807, 2.05) is 0 Å². The van der Waals surface area contributed by atoms with Crippen molar-refractivity contribution in [2.75, 3.05) is 18.5 Å². The summed E-state index contributed by atoms with van der Waals surface area (Å²) in [6.07, 6.45) is 0.285. The number of anilines is 1. The predicted octanol–water partition coefficient (Wildman–Crippen LogP) is 1.90. The Bertz CT molecular complexity index is 974. The third-order valence-corrected chi connectivity index (χ3v) is 6.06. The number of amides is 1. The van der Waals surface area contributed by atoms with Crippen LogP contribution >= 0.6 is 0 Å². The minimum atomic E-state index is -3.84. The van der Waals surface area contributed by atoms with E-state index in [1.54, 1.807) is 37.3 Å². The van der Waals surface area contributed by atoms with Crippen LogP contribution in [0.25, 0.3) is 0 Å². The standard InChI is InChI=1S/C19H22N2O5S/c1-13-11-15(21-14(2)22)7-8-18(13)27(24,25)20-12-19(23)9-10-26-17-6-4-3-5-16(17)19/h3-8,11,20,23H,9-10,12H2,1-2H3,(H,21,22). The maximum absolute atomic E-state index is 12.7. The molecule has 0 spiro atoms. The van der Waals surface area contributed by atoms with Gasteiger partial charge in [0.15, 0.2) is 0 Å². The first-order valence-corrected chi connectivity index (χ1v) is 10.0. The van der Waals surface area contributed by atoms with E-state index in [4.69, 9.17) is 4.74 Å². The van der Waals surface area contributed by atoms with Gasteiger partial charge in [0.25, 0.3) is 0 Å². The van der Waals surface area contributed by atoms with Crippen LogP contribution < -0.4 is 14.8 Å². The molecule has 1 aliphatic heterocycles. The van der Waals surface area contributed by atoms with Crippen molar-refractivity contribution in [2.45, 2.75) is 30.8 Å². The SMILES string of the molecule is CC(=O)Nc1ccc(S(=O)(=O)NCC2(O)CCOc3ccccc32)c(C)c1. The number of carbonyl (C=O) groups excluding carboxylic acids is 1. The molecule has 2 aromatic carbocycles. The van der Waals surface area contributed by atoms with Gasteiger partial charge in [-0.1, -0.05) is 18.2 Å². The largest absolute Gasteiger partial charge is 0.493 e. The fourth-order valence-electron chi connectivity index (χ4n) is 3.15. The van der Waals surface area contributed by atoms with Gasteiger partial charge in [-0.05, 0) is 36.8 Å². The number of carbonyl (C=O) groups is 1. The first-order chi connectivity index (χ1) is 12.7. The van der Waals surface area contributed by atoms with Gasteiger partial charge in [-0.25, -0.2) is 13.1 Å². The lowest BCUT2D eigenvalue weighted by Gasteiger charge is -2.34. The highest BCUT2D eigenvalue weighted by Gasteiger charge is 2.36. The second kappa shape index (κ2) is 7.30. The number of para-hydroxylation sites is 1. The summed E-state index contributed by atoms with van der Waals surface area (Å²) in [6, 6.07) is 11.6. The summed E-state index contributed by atoms with van der Waals surface area (Å²) in [4.78, 5) is 11.2. The molecule has 1 heterocycles. The smallest absolute Gasteiger partial charge is 0.240 e. The van der Waals surface area contributed by atoms with E-state index in [0.717, 1.165) is 0 Å². The number of fused-ring (bicyclic) bond motifs is 1. The van der Waals surface area contributed by atoms with Crippen LogP contribution in [-0.4, -0.2) is 32.6 Å². The van der Waals surface area contributed by atoms with Crippen LogP contribution in [0.15, 0.2) is 47.4 Å². The lowest BCUT2D eigenvalue weighted by Crippen LogP contribution is -2.44. The first kappa shape index (κ1) is 19.3. The molecule has 1 amide bonds. The van der Waals surface area contributed by atoms with Crippen LogP contribution in [0.1, 0.15) is 24.5 Å². The molecule has 3 rings (SSSR count). The molecule has 0 aliphatic carbocycles. The number of benzene rings is 2. The molecular formula is C19H22N2O5S. The Morgan fingerprint density at radius 1 is 1.26 bits per heavy atom. The highest BCUT2D eigenvalue weighted by Crippen LogP contribution is 2.36. The second-order valence-electron chi connectivity index (χ2n) is 6.61. The second-order valence-corrected chi connectivity index (χ2v) is 8.35. The normalized spacial score (nSPS) is 19.1. The Hall–Kier alpha value is -2.42. The molecule has 1 aliphatic rings. The van der Waals surface area contributed by atoms with E-state index in [-0.39, 0.29) is 23.8 Å². The van der Waals surface area contributed by atoms with Gasteiger partial charge in [0.1, 0.15) is 11.4 Å². The van der Waals surface area contributed by atoms with Gasteiger partial charge >= 0.3 is 0 Å². The Kier molecular flexibility index (Phi) is 5.23. The zero-order valence-electron chi connectivity index (χ0n) is 15.2. The summed E-state index contributed by atoms with van der Waals surface area (Å²) in [5.74, 6) is 0.324. The highest BCUT2D eigenvalue weighted by molar-refractivity contribution is 7.89. The number of sulfonamides is 1. The van der Waals surface area contributed by atoms with Gasteiger partial charge in [0, 0.05) is 31.1 Å². The Balaban J connectivity index is 1.81. The van der Waals surface area contributed by atoms with Gasteiger partial charge in [0.2, 0.25) is 15.9 Å². The van der Waals surface area contributed by atoms with Gasteiger partial charge in [-0.2, -0.15) is 0 Å². The van der Waals surface area contributed by atoms with Crippen LogP contribution in [0.5, 0.6) is 5.75 Å². The maximum Gasteiger partial charge on any atom is 0.240 e. The molecule has 1 atom stereocenters. The fraction of sp³-hybridized carbons (Fsp3) is 0.316. The van der Waals surface area contributed by atoms with Crippen molar-refractivity contribution in [3.05, 3.63) is 53.6 Å². The Morgan fingerprint density at radius 3 is 2.70 bits per heavy atom. The summed E-state index contributed by atoms with van der Waals surface area (Å²) in [6.45, 7) is 3.18. The average Bonchev–Trinajstić information content (AvgIpc) is 2.60. The molecule has 0 fully saturated rings. The van der Waals surface area contributed by atoms with E-state index in [0.29, 0.717) is 29.2 Å². The lowest BCUT2D eigenvalue weighted by molar-refractivity contribution is -0.114. The molecule has 1 unspecified atom stereocenters. The Morgan fingerprint density at radius 2 is 2.00 bits per heavy atom. The van der Waals surface area contributed by atoms with Crippen molar-refractivity contribution in [1.82, 2.24) is 4.72 Å². The minimum absolute atomic E-state index is 0.0977. The van der Waals surface area contributed by atoms with Gasteiger partial charge in [0.05, 0.1) is 11.5 Å². The zero-order chi connectivity index (χ0) is 19.7. The van der Waals surface area contributed by atoms with Crippen molar-refractivity contribution < 1.29 is 23.1 Å². The molecule has 27 heavy (non-hydrogen) atoms. The highest BCUT2D eigenvalue weighted by atomic mass is 32.2. The topological polar surface area (TPSA) is 105 Å². The van der Waals surface area contributed by atoms with Crippen molar-refractivity contribution in [3.63, 3.8) is 0 Å². The van der Waals surface area contributed by atoms with Crippen molar-refractivity contribution in [2.24, 2.45) is 0 Å². The van der Waals surface area contributed by atoms with Crippen molar-refractivity contribution in [3.8, 4) is 5.75 Å². The number of rotatable bonds is 5. The predicted molar refractivity (Wildman–Crippen MR) is 101 cm³/mol. The van der Waals surface area contributed by atoms with Gasteiger partial charge in [-0.3, -0.25) is 4.79 Å². The molecule has 0 bridgehead atoms. The number of aryl methyl sites for hydroxylation is 1. The first-order valence-electron chi connectivity index (χ1n) is 8.54. The van der Waals surface area contributed by atoms with E-state index >= 15 is 0 Å². The van der Waals surface area contributed by atoms with Gasteiger partial charge < -0.3 is 15.2 Å². The third-order valence-electron chi connectivity index (χ3n) is 4.50. The summed E-state index contributed by atoms with van der Waals surface area (Å²) in [5.41, 5.74) is 0.243. The summed E-state index contributed by atoms with van der Waals surface area (Å²) in [7, 11) is -3.84. The van der Waals surface area contributed by atoms with Crippen LogP contribution in [0.2, 0.25) is 0 Å². The van der Waals surface area contributed by atoms with Crippen LogP contribution in [-0.2, 0) is 20.4 Å². The van der Waals surface area contributed by atoms with Crippen LogP contribution in [0.3, 0.4) is 0 Å². The summed E-state index contributed by atoms with van der Waals surface area (Å²) < 4.78 is 33.5. The van der Waals surface area contributed by atoms with Gasteiger partial charge in [-0.15, -0.1) is 0 Å². The molecule has 3 N–H and O–H groups in total. The third kappa shape index (κ3) is 4.13. The molecule has 0 aromatic heterocycles. The number of hydrogen-bond donors (Lipinski definition) is 3. The molecule has 0 saturated carbocycles. The van der Waals surface area contributed by atoms with E-state index < -0.39 is 15.6 Å². The summed E-state index contributed by atoms with van der Waals surface area (Å²) in [5, 5.41) is 13.6. The maximum atomic E-state index is 12.7. The zero-order valence-corrected chi connectivity index (χ0v) is 16.0. The molecule has 0 saturated heterocycles. The Labute approximate surface area is 158 Å². The minimum Gasteiger partial charge on any atom is -0.493 e. The van der Waals surface area contributed by atoms with E-state index in [1.165, 1.54) is 19.1 Å². The van der Waals surface area contributed by atoms with Crippen LogP contribution in [0.4, 0.5) is 5.69 Å². The quantitative estimate of drug-likeness (QED) is 0.723. The van der Waals surface area contributed by atoms with E-state index in [9.17, 15) is 18.3 Å². The van der Waals surface area contributed by atoms with Crippen molar-refractivity contribution >= 4 is 21.6 Å². The van der Waals surface area contributed by atoms with Crippen molar-refractivity contribution in [1.29, 1.82) is 0 Å².